The van der Waals surface area contributed by atoms with Crippen LogP contribution in [0.2, 0.25) is 0 Å². The quantitative estimate of drug-likeness (QED) is 0.309. The number of carbonyl (C=O) groups excluding carboxylic acids is 2. The van der Waals surface area contributed by atoms with E-state index in [1.165, 1.54) is 0 Å². The Morgan fingerprint density at radius 3 is 1.22 bits per heavy atom. The van der Waals surface area contributed by atoms with Crippen molar-refractivity contribution in [3.05, 3.63) is 0 Å². The van der Waals surface area contributed by atoms with Crippen molar-refractivity contribution in [1.82, 2.24) is 0 Å². The van der Waals surface area contributed by atoms with Gasteiger partial charge in [0.1, 0.15) is 11.6 Å². The van der Waals surface area contributed by atoms with Crippen LogP contribution in [-0.2, 0) is 23.8 Å². The average Bonchev–Trinajstić information content (AvgIpc) is 2.49. The molecule has 0 rings (SSSR count). The van der Waals surface area contributed by atoms with Crippen LogP contribution < -0.4 is 0 Å². The fourth-order valence-electron chi connectivity index (χ4n) is 2.60. The number of hydrogen-bond donors (Lipinski definition) is 0. The van der Waals surface area contributed by atoms with Crippen LogP contribution in [0.15, 0.2) is 0 Å². The lowest BCUT2D eigenvalue weighted by Gasteiger charge is -2.22. The molecule has 27 heavy (non-hydrogen) atoms. The van der Waals surface area contributed by atoms with E-state index in [1.54, 1.807) is 37.4 Å². The maximum atomic E-state index is 11.2. The van der Waals surface area contributed by atoms with Gasteiger partial charge in [-0.1, -0.05) is 27.7 Å². The minimum Gasteiger partial charge on any atom is -0.378 e. The number of Topliss-reactive ketones (excluding diaryl/α,β-unsaturated/α-hetero) is 2. The fraction of sp³-hybridized carbons (Fsp3) is 0.900. The maximum absolute atomic E-state index is 11.2. The normalized spacial score (nSPS) is 12.4. The van der Waals surface area contributed by atoms with Crippen LogP contribution >= 0.6 is 23.5 Å². The van der Waals surface area contributed by atoms with Crippen molar-refractivity contribution in [2.45, 2.75) is 63.9 Å². The molecule has 0 saturated heterocycles. The molecule has 0 atom stereocenters. The van der Waals surface area contributed by atoms with E-state index in [9.17, 15) is 9.59 Å². The van der Waals surface area contributed by atoms with Crippen molar-refractivity contribution < 1.29 is 23.8 Å². The summed E-state index contributed by atoms with van der Waals surface area (Å²) < 4.78 is 16.5. The smallest absolute Gasteiger partial charge is 0.131 e. The second kappa shape index (κ2) is 14.9. The molecule has 0 fully saturated rings. The summed E-state index contributed by atoms with van der Waals surface area (Å²) in [6, 6.07) is 0. The van der Waals surface area contributed by atoms with Crippen LogP contribution in [0.5, 0.6) is 0 Å². The summed E-state index contributed by atoms with van der Waals surface area (Å²) in [4.78, 5) is 22.4. The van der Waals surface area contributed by atoms with Crippen LogP contribution in [-0.4, -0.2) is 72.2 Å². The summed E-state index contributed by atoms with van der Waals surface area (Å²) in [6.45, 7) is 15.2. The fourth-order valence-corrected chi connectivity index (χ4v) is 4.71. The average molecular weight is 423 g/mol. The van der Waals surface area contributed by atoms with Crippen LogP contribution in [0.3, 0.4) is 0 Å². The summed E-state index contributed by atoms with van der Waals surface area (Å²) in [6.07, 6.45) is 1.18. The largest absolute Gasteiger partial charge is 0.378 e. The zero-order valence-electron chi connectivity index (χ0n) is 17.9. The summed E-state index contributed by atoms with van der Waals surface area (Å²) in [5, 5.41) is 0. The van der Waals surface area contributed by atoms with Gasteiger partial charge in [-0.05, 0) is 13.8 Å². The number of ether oxygens (including phenoxy) is 3. The van der Waals surface area contributed by atoms with Gasteiger partial charge in [0.25, 0.3) is 0 Å². The molecule has 5 nitrogen and oxygen atoms in total. The lowest BCUT2D eigenvalue weighted by atomic mass is 10.1. The highest BCUT2D eigenvalue weighted by Gasteiger charge is 2.20. The minimum absolute atomic E-state index is 0.0252. The van der Waals surface area contributed by atoms with E-state index in [-0.39, 0.29) is 21.1 Å². The van der Waals surface area contributed by atoms with Gasteiger partial charge in [0.05, 0.1) is 39.6 Å². The third-order valence-electron chi connectivity index (χ3n) is 3.53. The van der Waals surface area contributed by atoms with Crippen molar-refractivity contribution >= 4 is 35.1 Å². The van der Waals surface area contributed by atoms with Gasteiger partial charge in [0.2, 0.25) is 0 Å². The Morgan fingerprint density at radius 1 is 0.630 bits per heavy atom. The molecule has 0 heterocycles. The molecule has 0 amide bonds. The second-order valence-electron chi connectivity index (χ2n) is 7.81. The first-order valence-corrected chi connectivity index (χ1v) is 11.5. The third kappa shape index (κ3) is 19.0. The first kappa shape index (κ1) is 26.9. The van der Waals surface area contributed by atoms with Crippen molar-refractivity contribution in [2.24, 2.45) is 0 Å². The number of thioether (sulfide) groups is 2. The van der Waals surface area contributed by atoms with Crippen LogP contribution in [0, 0.1) is 0 Å². The lowest BCUT2D eigenvalue weighted by molar-refractivity contribution is -0.118. The summed E-state index contributed by atoms with van der Waals surface area (Å²) in [5.74, 6) is 2.20. The van der Waals surface area contributed by atoms with E-state index in [0.717, 1.165) is 11.5 Å². The molecule has 0 aliphatic carbocycles. The van der Waals surface area contributed by atoms with E-state index in [2.05, 4.69) is 27.7 Å². The Morgan fingerprint density at radius 2 is 0.926 bits per heavy atom. The van der Waals surface area contributed by atoms with Crippen molar-refractivity contribution in [1.29, 1.82) is 0 Å². The molecule has 0 aliphatic rings. The maximum Gasteiger partial charge on any atom is 0.131 e. The van der Waals surface area contributed by atoms with E-state index in [0.29, 0.717) is 52.5 Å². The van der Waals surface area contributed by atoms with E-state index < -0.39 is 0 Å². The first-order chi connectivity index (χ1) is 12.5. The Labute approximate surface area is 174 Å². The first-order valence-electron chi connectivity index (χ1n) is 9.54. The third-order valence-corrected chi connectivity index (χ3v) is 6.13. The van der Waals surface area contributed by atoms with Gasteiger partial charge < -0.3 is 14.2 Å². The molecule has 7 heteroatoms. The molecule has 0 aromatic carbocycles. The van der Waals surface area contributed by atoms with Gasteiger partial charge in [-0.2, -0.15) is 23.5 Å². The van der Waals surface area contributed by atoms with Gasteiger partial charge in [-0.15, -0.1) is 0 Å². The molecule has 160 valence electrons. The van der Waals surface area contributed by atoms with Crippen molar-refractivity contribution in [3.63, 3.8) is 0 Å². The number of rotatable bonds is 18. The van der Waals surface area contributed by atoms with E-state index >= 15 is 0 Å². The molecule has 0 aromatic heterocycles. The molecular formula is C20H38O5S2. The molecule has 0 unspecified atom stereocenters. The van der Waals surface area contributed by atoms with Crippen molar-refractivity contribution in [3.8, 4) is 0 Å². The molecule has 0 aliphatic heterocycles. The summed E-state index contributed by atoms with van der Waals surface area (Å²) in [5.41, 5.74) is 0. The highest BCUT2D eigenvalue weighted by molar-refractivity contribution is 8.00. The molecule has 0 radical (unpaired) electrons. The molecular weight excluding hydrogens is 384 g/mol. The zero-order chi connectivity index (χ0) is 20.8. The van der Waals surface area contributed by atoms with Crippen LogP contribution in [0.1, 0.15) is 54.4 Å². The van der Waals surface area contributed by atoms with Gasteiger partial charge in [0, 0.05) is 33.8 Å². The van der Waals surface area contributed by atoms with Crippen molar-refractivity contribution in [2.75, 3.05) is 51.1 Å². The number of ketones is 2. The second-order valence-corrected chi connectivity index (χ2v) is 11.4. The Bertz CT molecular complexity index is 387. The highest BCUT2D eigenvalue weighted by Crippen LogP contribution is 2.28. The lowest BCUT2D eigenvalue weighted by Crippen LogP contribution is -2.20. The van der Waals surface area contributed by atoms with Crippen LogP contribution in [0.25, 0.3) is 0 Å². The predicted octanol–water partition coefficient (Wildman–Crippen LogP) is 4.02. The van der Waals surface area contributed by atoms with Gasteiger partial charge >= 0.3 is 0 Å². The monoisotopic (exact) mass is 422 g/mol. The topological polar surface area (TPSA) is 61.8 Å². The van der Waals surface area contributed by atoms with Crippen LogP contribution in [0.4, 0.5) is 0 Å². The Balaban J connectivity index is 3.39. The summed E-state index contributed by atoms with van der Waals surface area (Å²) >= 11 is 3.53. The molecule has 0 spiro atoms. The molecule has 0 N–H and O–H groups in total. The minimum atomic E-state index is -0.0252. The molecule has 0 aromatic rings. The van der Waals surface area contributed by atoms with E-state index in [1.807, 2.05) is 0 Å². The highest BCUT2D eigenvalue weighted by atomic mass is 32.2. The Hall–Kier alpha value is -0.0800. The Kier molecular flexibility index (Phi) is 14.8. The number of carbonyl (C=O) groups is 2. The van der Waals surface area contributed by atoms with E-state index in [4.69, 9.17) is 14.2 Å². The molecule has 0 saturated carbocycles. The van der Waals surface area contributed by atoms with Gasteiger partial charge in [-0.3, -0.25) is 9.59 Å². The predicted molar refractivity (Wildman–Crippen MR) is 116 cm³/mol. The summed E-state index contributed by atoms with van der Waals surface area (Å²) in [7, 11) is 0. The number of hydrogen-bond acceptors (Lipinski definition) is 7. The zero-order valence-corrected chi connectivity index (χ0v) is 19.6. The SMILES string of the molecule is CC(=O)CC(C)(C)SCCOCCOCCOCCSC(C)(C)CC(C)=O. The standard InChI is InChI=1S/C20H38O5S2/c1-17(21)15-19(3,4)26-13-11-24-9-7-23-8-10-25-12-14-27-20(5,6)16-18(2)22/h7-16H2,1-6H3. The van der Waals surface area contributed by atoms with Gasteiger partial charge in [-0.25, -0.2) is 0 Å². The van der Waals surface area contributed by atoms with Gasteiger partial charge in [0.15, 0.2) is 0 Å². The molecule has 0 bridgehead atoms.